The first-order chi connectivity index (χ1) is 11.5. The lowest BCUT2D eigenvalue weighted by Crippen LogP contribution is -2.13. The number of nitrogens with zero attached hydrogens (tertiary/aromatic N) is 1. The molecule has 1 amide bonds. The van der Waals surface area contributed by atoms with Crippen LogP contribution in [0.1, 0.15) is 5.56 Å². The lowest BCUT2D eigenvalue weighted by atomic mass is 10.1. The highest BCUT2D eigenvalue weighted by molar-refractivity contribution is 6.32. The van der Waals surface area contributed by atoms with E-state index >= 15 is 0 Å². The van der Waals surface area contributed by atoms with Gasteiger partial charge in [-0.15, -0.1) is 0 Å². The maximum atomic E-state index is 13.6. The molecule has 122 valence electrons. The van der Waals surface area contributed by atoms with Crippen LogP contribution < -0.4 is 10.1 Å². The number of amides is 1. The first-order valence-electron chi connectivity index (χ1n) is 6.67. The summed E-state index contributed by atoms with van der Waals surface area (Å²) >= 11 is 5.95. The van der Waals surface area contributed by atoms with Crippen LogP contribution in [0.25, 0.3) is 6.08 Å². The molecule has 2 rings (SSSR count). The summed E-state index contributed by atoms with van der Waals surface area (Å²) in [6, 6.07) is 9.64. The minimum absolute atomic E-state index is 0.200. The highest BCUT2D eigenvalue weighted by Gasteiger charge is 2.13. The maximum Gasteiger partial charge on any atom is 0.266 e. The highest BCUT2D eigenvalue weighted by Crippen LogP contribution is 2.27. The lowest BCUT2D eigenvalue weighted by molar-refractivity contribution is -0.112. The molecule has 2 aromatic carbocycles. The van der Waals surface area contributed by atoms with Crippen molar-refractivity contribution in [3.05, 3.63) is 64.2 Å². The molecule has 0 aliphatic heterocycles. The van der Waals surface area contributed by atoms with E-state index in [2.05, 4.69) is 5.32 Å². The Labute approximate surface area is 141 Å². The Balaban J connectivity index is 2.26. The standard InChI is InChI=1S/C17H11ClF2N2O2/c1-24-15-6-5-12(8-13(15)18)22-17(23)11(9-21)7-10-3-2-4-14(19)16(10)20/h2-8H,1H3,(H,22,23). The van der Waals surface area contributed by atoms with Gasteiger partial charge in [-0.2, -0.15) is 5.26 Å². The summed E-state index contributed by atoms with van der Waals surface area (Å²) in [4.78, 5) is 12.1. The third-order valence-corrected chi connectivity index (χ3v) is 3.35. The Morgan fingerprint density at radius 2 is 2.08 bits per heavy atom. The van der Waals surface area contributed by atoms with Crippen molar-refractivity contribution in [2.24, 2.45) is 0 Å². The van der Waals surface area contributed by atoms with E-state index in [-0.39, 0.29) is 16.2 Å². The molecule has 0 heterocycles. The van der Waals surface area contributed by atoms with Crippen molar-refractivity contribution in [1.82, 2.24) is 0 Å². The minimum Gasteiger partial charge on any atom is -0.495 e. The highest BCUT2D eigenvalue weighted by atomic mass is 35.5. The number of carbonyl (C=O) groups is 1. The molecule has 2 aromatic rings. The second-order valence-electron chi connectivity index (χ2n) is 4.62. The van der Waals surface area contributed by atoms with E-state index in [1.807, 2.05) is 0 Å². The number of nitrogens with one attached hydrogen (secondary N) is 1. The number of halogens is 3. The summed E-state index contributed by atoms with van der Waals surface area (Å²) in [6.45, 7) is 0. The number of anilines is 1. The summed E-state index contributed by atoms with van der Waals surface area (Å²) in [5, 5.41) is 11.8. The molecule has 0 spiro atoms. The summed E-state index contributed by atoms with van der Waals surface area (Å²) < 4.78 is 31.8. The molecule has 24 heavy (non-hydrogen) atoms. The van der Waals surface area contributed by atoms with Gasteiger partial charge in [-0.3, -0.25) is 4.79 Å². The van der Waals surface area contributed by atoms with E-state index in [0.717, 1.165) is 12.1 Å². The van der Waals surface area contributed by atoms with Gasteiger partial charge >= 0.3 is 0 Å². The Kier molecular flexibility index (Phi) is 5.51. The van der Waals surface area contributed by atoms with E-state index in [1.165, 1.54) is 31.4 Å². The molecule has 0 aliphatic carbocycles. The monoisotopic (exact) mass is 348 g/mol. The summed E-state index contributed by atoms with van der Waals surface area (Å²) in [5.41, 5.74) is -0.257. The number of methoxy groups -OCH3 is 1. The topological polar surface area (TPSA) is 62.1 Å². The first-order valence-corrected chi connectivity index (χ1v) is 7.04. The molecule has 0 saturated heterocycles. The van der Waals surface area contributed by atoms with E-state index in [9.17, 15) is 13.6 Å². The molecule has 0 radical (unpaired) electrons. The van der Waals surface area contributed by atoms with Gasteiger partial charge in [0.15, 0.2) is 11.6 Å². The Bertz CT molecular complexity index is 860. The lowest BCUT2D eigenvalue weighted by Gasteiger charge is -2.07. The van der Waals surface area contributed by atoms with Gasteiger partial charge in [0.2, 0.25) is 0 Å². The van der Waals surface area contributed by atoms with Crippen LogP contribution in [0.3, 0.4) is 0 Å². The molecule has 0 aromatic heterocycles. The number of hydrogen-bond donors (Lipinski definition) is 1. The van der Waals surface area contributed by atoms with Gasteiger partial charge in [0.05, 0.1) is 12.1 Å². The van der Waals surface area contributed by atoms with Crippen LogP contribution in [0.5, 0.6) is 5.75 Å². The molecule has 0 fully saturated rings. The molecule has 7 heteroatoms. The summed E-state index contributed by atoms with van der Waals surface area (Å²) in [7, 11) is 1.45. The summed E-state index contributed by atoms with van der Waals surface area (Å²) in [5.74, 6) is -2.55. The van der Waals surface area contributed by atoms with E-state index in [0.29, 0.717) is 11.4 Å². The van der Waals surface area contributed by atoms with Crippen LogP contribution >= 0.6 is 11.6 Å². The maximum absolute atomic E-state index is 13.6. The molecule has 0 bridgehead atoms. The number of carbonyl (C=O) groups excluding carboxylic acids is 1. The third kappa shape index (κ3) is 3.89. The normalized spacial score (nSPS) is 10.9. The van der Waals surface area contributed by atoms with Gasteiger partial charge in [0.1, 0.15) is 17.4 Å². The van der Waals surface area contributed by atoms with Gasteiger partial charge < -0.3 is 10.1 Å². The number of rotatable bonds is 4. The SMILES string of the molecule is COc1ccc(NC(=O)C(C#N)=Cc2cccc(F)c2F)cc1Cl. The van der Waals surface area contributed by atoms with Crippen LogP contribution in [-0.4, -0.2) is 13.0 Å². The average molecular weight is 349 g/mol. The molecular weight excluding hydrogens is 338 g/mol. The van der Waals surface area contributed by atoms with Crippen LogP contribution in [0.4, 0.5) is 14.5 Å². The Morgan fingerprint density at radius 1 is 1.33 bits per heavy atom. The minimum atomic E-state index is -1.13. The number of benzene rings is 2. The quantitative estimate of drug-likeness (QED) is 0.666. The van der Waals surface area contributed by atoms with Crippen molar-refractivity contribution >= 4 is 29.3 Å². The smallest absolute Gasteiger partial charge is 0.266 e. The third-order valence-electron chi connectivity index (χ3n) is 3.06. The zero-order chi connectivity index (χ0) is 17.7. The number of nitriles is 1. The van der Waals surface area contributed by atoms with Crippen molar-refractivity contribution < 1.29 is 18.3 Å². The van der Waals surface area contributed by atoms with Gasteiger partial charge in [0.25, 0.3) is 5.91 Å². The van der Waals surface area contributed by atoms with Gasteiger partial charge in [-0.1, -0.05) is 23.7 Å². The van der Waals surface area contributed by atoms with Crippen LogP contribution in [-0.2, 0) is 4.79 Å². The molecule has 0 saturated carbocycles. The van der Waals surface area contributed by atoms with Crippen LogP contribution in [0, 0.1) is 23.0 Å². The Hall–Kier alpha value is -2.91. The fraction of sp³-hybridized carbons (Fsp3) is 0.0588. The van der Waals surface area contributed by atoms with Crippen molar-refractivity contribution in [2.75, 3.05) is 12.4 Å². The van der Waals surface area contributed by atoms with Crippen molar-refractivity contribution in [1.29, 1.82) is 5.26 Å². The van der Waals surface area contributed by atoms with Gasteiger partial charge in [-0.05, 0) is 30.3 Å². The van der Waals surface area contributed by atoms with E-state index < -0.39 is 17.5 Å². The zero-order valence-corrected chi connectivity index (χ0v) is 13.2. The molecule has 1 N–H and O–H groups in total. The second-order valence-corrected chi connectivity index (χ2v) is 5.02. The van der Waals surface area contributed by atoms with Gasteiger partial charge in [0, 0.05) is 11.3 Å². The predicted octanol–water partition coefficient (Wildman–Crippen LogP) is 4.17. The molecule has 0 unspecified atom stereocenters. The first kappa shape index (κ1) is 17.4. The predicted molar refractivity (Wildman–Crippen MR) is 86.6 cm³/mol. The van der Waals surface area contributed by atoms with Crippen molar-refractivity contribution in [3.63, 3.8) is 0 Å². The number of ether oxygens (including phenoxy) is 1. The van der Waals surface area contributed by atoms with Crippen molar-refractivity contribution in [2.45, 2.75) is 0 Å². The van der Waals surface area contributed by atoms with Gasteiger partial charge in [-0.25, -0.2) is 8.78 Å². The van der Waals surface area contributed by atoms with E-state index in [1.54, 1.807) is 12.1 Å². The average Bonchev–Trinajstić information content (AvgIpc) is 2.56. The molecular formula is C17H11ClF2N2O2. The number of hydrogen-bond acceptors (Lipinski definition) is 3. The Morgan fingerprint density at radius 3 is 2.71 bits per heavy atom. The molecule has 0 aliphatic rings. The second kappa shape index (κ2) is 7.57. The summed E-state index contributed by atoms with van der Waals surface area (Å²) in [6.07, 6.45) is 0.971. The van der Waals surface area contributed by atoms with E-state index in [4.69, 9.17) is 21.6 Å². The molecule has 4 nitrogen and oxygen atoms in total. The van der Waals surface area contributed by atoms with Crippen molar-refractivity contribution in [3.8, 4) is 11.8 Å². The largest absolute Gasteiger partial charge is 0.495 e. The zero-order valence-electron chi connectivity index (χ0n) is 12.4. The fourth-order valence-electron chi connectivity index (χ4n) is 1.88. The molecule has 0 atom stereocenters. The van der Waals surface area contributed by atoms with Crippen LogP contribution in [0.2, 0.25) is 5.02 Å². The van der Waals surface area contributed by atoms with Crippen LogP contribution in [0.15, 0.2) is 42.0 Å². The fourth-order valence-corrected chi connectivity index (χ4v) is 2.14.